The smallest absolute Gasteiger partial charge is 0.358 e. The number of esters is 1. The third kappa shape index (κ3) is 3.35. The molecule has 1 N–H and O–H groups in total. The first-order valence-electron chi connectivity index (χ1n) is 5.75. The van der Waals surface area contributed by atoms with Gasteiger partial charge in [-0.3, -0.25) is 10.1 Å². The van der Waals surface area contributed by atoms with Gasteiger partial charge in [0.15, 0.2) is 10.9 Å². The van der Waals surface area contributed by atoms with E-state index in [4.69, 9.17) is 4.74 Å². The van der Waals surface area contributed by atoms with Gasteiger partial charge in [0.05, 0.1) is 11.5 Å². The molecule has 0 saturated carbocycles. The summed E-state index contributed by atoms with van der Waals surface area (Å²) in [6.07, 6.45) is 1.46. The normalized spacial score (nSPS) is 10.2. The molecule has 8 heteroatoms. The Morgan fingerprint density at radius 1 is 1.45 bits per heavy atom. The Hall–Kier alpha value is -2.35. The van der Waals surface area contributed by atoms with Crippen LogP contribution in [0.2, 0.25) is 0 Å². The molecule has 0 atom stereocenters. The lowest BCUT2D eigenvalue weighted by Crippen LogP contribution is -2.04. The fraction of sp³-hybridized carbons (Fsp3) is 0.167. The van der Waals surface area contributed by atoms with E-state index in [0.29, 0.717) is 5.16 Å². The molecule has 0 amide bonds. The van der Waals surface area contributed by atoms with Gasteiger partial charge in [0.1, 0.15) is 0 Å². The number of hydrogen-bond donors (Lipinski definition) is 1. The molecule has 20 heavy (non-hydrogen) atoms. The highest BCUT2D eigenvalue weighted by Crippen LogP contribution is 2.26. The molecule has 7 nitrogen and oxygen atoms in total. The molecule has 0 saturated heterocycles. The highest BCUT2D eigenvalue weighted by Gasteiger charge is 2.12. The van der Waals surface area contributed by atoms with E-state index in [1.165, 1.54) is 30.1 Å². The third-order valence-electron chi connectivity index (χ3n) is 2.30. The van der Waals surface area contributed by atoms with Crippen LogP contribution in [0, 0.1) is 10.1 Å². The van der Waals surface area contributed by atoms with E-state index in [2.05, 4.69) is 9.97 Å². The molecule has 1 aromatic heterocycles. The molecule has 1 heterocycles. The van der Waals surface area contributed by atoms with E-state index in [1.54, 1.807) is 19.1 Å². The SMILES string of the molecule is CCOC(=O)c1c[nH]c(Sc2ccc([N+](=O)[O-])cc2)n1. The number of aromatic nitrogens is 2. The number of nitro benzene ring substituents is 1. The molecule has 0 aliphatic rings. The van der Waals surface area contributed by atoms with E-state index in [9.17, 15) is 14.9 Å². The lowest BCUT2D eigenvalue weighted by Gasteiger charge is -1.98. The summed E-state index contributed by atoms with van der Waals surface area (Å²) in [5.74, 6) is -0.487. The highest BCUT2D eigenvalue weighted by atomic mass is 32.2. The summed E-state index contributed by atoms with van der Waals surface area (Å²) in [6, 6.07) is 6.07. The van der Waals surface area contributed by atoms with E-state index in [1.807, 2.05) is 0 Å². The molecule has 104 valence electrons. The molecule has 0 radical (unpaired) electrons. The number of ether oxygens (including phenoxy) is 1. The van der Waals surface area contributed by atoms with Crippen molar-refractivity contribution in [3.05, 3.63) is 46.3 Å². The number of non-ortho nitro benzene ring substituents is 1. The lowest BCUT2D eigenvalue weighted by molar-refractivity contribution is -0.384. The lowest BCUT2D eigenvalue weighted by atomic mass is 10.3. The van der Waals surface area contributed by atoms with E-state index in [0.717, 1.165) is 4.90 Å². The summed E-state index contributed by atoms with van der Waals surface area (Å²) in [6.45, 7) is 2.01. The zero-order valence-electron chi connectivity index (χ0n) is 10.5. The number of nitrogens with one attached hydrogen (secondary N) is 1. The van der Waals surface area contributed by atoms with Gasteiger partial charge in [-0.2, -0.15) is 0 Å². The third-order valence-corrected chi connectivity index (χ3v) is 3.21. The second-order valence-corrected chi connectivity index (χ2v) is 4.73. The summed E-state index contributed by atoms with van der Waals surface area (Å²) in [7, 11) is 0. The Balaban J connectivity index is 2.06. The average molecular weight is 293 g/mol. The molecule has 0 aliphatic carbocycles. The van der Waals surface area contributed by atoms with Crippen molar-refractivity contribution in [2.75, 3.05) is 6.61 Å². The highest BCUT2D eigenvalue weighted by molar-refractivity contribution is 7.99. The molecule has 0 bridgehead atoms. The predicted octanol–water partition coefficient (Wildman–Crippen LogP) is 2.65. The molecule has 1 aromatic carbocycles. The van der Waals surface area contributed by atoms with Crippen molar-refractivity contribution >= 4 is 23.4 Å². The van der Waals surface area contributed by atoms with Crippen LogP contribution >= 0.6 is 11.8 Å². The Labute approximate surface area is 118 Å². The Bertz CT molecular complexity index is 624. The van der Waals surface area contributed by atoms with Crippen molar-refractivity contribution in [1.82, 2.24) is 9.97 Å². The molecule has 2 aromatic rings. The number of carbonyl (C=O) groups is 1. The van der Waals surface area contributed by atoms with E-state index in [-0.39, 0.29) is 18.0 Å². The van der Waals surface area contributed by atoms with Gasteiger partial charge in [-0.15, -0.1) is 0 Å². The maximum Gasteiger partial charge on any atom is 0.358 e. The second kappa shape index (κ2) is 6.20. The van der Waals surface area contributed by atoms with E-state index < -0.39 is 10.9 Å². The van der Waals surface area contributed by atoms with Crippen LogP contribution in [0.3, 0.4) is 0 Å². The van der Waals surface area contributed by atoms with Crippen LogP contribution < -0.4 is 0 Å². The van der Waals surface area contributed by atoms with Gasteiger partial charge in [0, 0.05) is 23.2 Å². The first-order chi connectivity index (χ1) is 9.60. The molecular formula is C12H11N3O4S. The van der Waals surface area contributed by atoms with Gasteiger partial charge in [0.2, 0.25) is 0 Å². The molecule has 0 unspecified atom stereocenters. The maximum absolute atomic E-state index is 11.4. The van der Waals surface area contributed by atoms with Crippen molar-refractivity contribution in [3.63, 3.8) is 0 Å². The summed E-state index contributed by atoms with van der Waals surface area (Å²) in [4.78, 5) is 29.2. The topological polar surface area (TPSA) is 98.1 Å². The molecule has 0 aliphatic heterocycles. The minimum atomic E-state index is -0.487. The van der Waals surface area contributed by atoms with Gasteiger partial charge in [-0.1, -0.05) is 11.8 Å². The summed E-state index contributed by atoms with van der Waals surface area (Å²) in [5.41, 5.74) is 0.234. The van der Waals surface area contributed by atoms with Crippen molar-refractivity contribution in [3.8, 4) is 0 Å². The Kier molecular flexibility index (Phi) is 4.36. The predicted molar refractivity (Wildman–Crippen MR) is 71.8 cm³/mol. The van der Waals surface area contributed by atoms with Gasteiger partial charge in [-0.25, -0.2) is 9.78 Å². The fourth-order valence-corrected chi connectivity index (χ4v) is 2.17. The Morgan fingerprint density at radius 2 is 2.15 bits per heavy atom. The first-order valence-corrected chi connectivity index (χ1v) is 6.56. The van der Waals surface area contributed by atoms with Gasteiger partial charge < -0.3 is 9.72 Å². The zero-order chi connectivity index (χ0) is 14.5. The van der Waals surface area contributed by atoms with Gasteiger partial charge in [0.25, 0.3) is 5.69 Å². The van der Waals surface area contributed by atoms with Crippen LogP contribution in [0.25, 0.3) is 0 Å². The quantitative estimate of drug-likeness (QED) is 0.517. The van der Waals surface area contributed by atoms with Crippen LogP contribution in [-0.2, 0) is 4.74 Å². The average Bonchev–Trinajstić information content (AvgIpc) is 2.88. The van der Waals surface area contributed by atoms with E-state index >= 15 is 0 Å². The number of aromatic amines is 1. The number of nitro groups is 1. The number of hydrogen-bond acceptors (Lipinski definition) is 6. The molecule has 2 rings (SSSR count). The van der Waals surface area contributed by atoms with Crippen molar-refractivity contribution in [2.45, 2.75) is 17.0 Å². The molecule has 0 fully saturated rings. The summed E-state index contributed by atoms with van der Waals surface area (Å²) in [5, 5.41) is 11.1. The maximum atomic E-state index is 11.4. The number of carbonyl (C=O) groups excluding carboxylic acids is 1. The van der Waals surface area contributed by atoms with Gasteiger partial charge in [-0.05, 0) is 19.1 Å². The van der Waals surface area contributed by atoms with Crippen molar-refractivity contribution in [1.29, 1.82) is 0 Å². The monoisotopic (exact) mass is 293 g/mol. The van der Waals surface area contributed by atoms with Gasteiger partial charge >= 0.3 is 5.97 Å². The Morgan fingerprint density at radius 3 is 2.75 bits per heavy atom. The van der Waals surface area contributed by atoms with Crippen LogP contribution in [0.5, 0.6) is 0 Å². The number of nitrogens with zero attached hydrogens (tertiary/aromatic N) is 2. The number of imidazole rings is 1. The fourth-order valence-electron chi connectivity index (χ4n) is 1.41. The molecule has 0 spiro atoms. The summed E-state index contributed by atoms with van der Waals surface area (Å²) >= 11 is 1.27. The number of H-pyrrole nitrogens is 1. The standard InChI is InChI=1S/C12H11N3O4S/c1-2-19-11(16)10-7-13-12(14-10)20-9-5-3-8(4-6-9)15(17)18/h3-7H,2H2,1H3,(H,13,14). The van der Waals surface area contributed by atoms with Crippen molar-refractivity contribution < 1.29 is 14.5 Å². The molecular weight excluding hydrogens is 282 g/mol. The minimum Gasteiger partial charge on any atom is -0.461 e. The van der Waals surface area contributed by atoms with Crippen molar-refractivity contribution in [2.24, 2.45) is 0 Å². The second-order valence-electron chi connectivity index (χ2n) is 3.66. The zero-order valence-corrected chi connectivity index (χ0v) is 11.3. The minimum absolute atomic E-state index is 0.0287. The van der Waals surface area contributed by atoms with Crippen LogP contribution in [0.15, 0.2) is 40.5 Å². The largest absolute Gasteiger partial charge is 0.461 e. The first kappa shape index (κ1) is 14.1. The van der Waals surface area contributed by atoms with Crippen LogP contribution in [0.4, 0.5) is 5.69 Å². The number of rotatable bonds is 5. The number of benzene rings is 1. The van der Waals surface area contributed by atoms with Crippen LogP contribution in [0.1, 0.15) is 17.4 Å². The summed E-state index contributed by atoms with van der Waals surface area (Å²) < 4.78 is 4.83. The van der Waals surface area contributed by atoms with Crippen LogP contribution in [-0.4, -0.2) is 27.5 Å².